The number of halogens is 1. The van der Waals surface area contributed by atoms with Gasteiger partial charge >= 0.3 is 0 Å². The van der Waals surface area contributed by atoms with Crippen molar-refractivity contribution in [2.24, 2.45) is 5.41 Å². The number of rotatable bonds is 4. The second-order valence-electron chi connectivity index (χ2n) is 5.32. The molecule has 1 heterocycles. The van der Waals surface area contributed by atoms with Crippen molar-refractivity contribution in [3.05, 3.63) is 20.3 Å². The Labute approximate surface area is 112 Å². The summed E-state index contributed by atoms with van der Waals surface area (Å²) in [6.45, 7) is 12.3. The van der Waals surface area contributed by atoms with E-state index in [0.717, 1.165) is 6.54 Å². The quantitative estimate of drug-likeness (QED) is 0.833. The molecule has 1 nitrogen and oxygen atoms in total. The Morgan fingerprint density at radius 1 is 1.44 bits per heavy atom. The predicted octanol–water partition coefficient (Wildman–Crippen LogP) is 4.91. The maximum atomic E-state index is 3.67. The lowest BCUT2D eigenvalue weighted by Crippen LogP contribution is -2.32. The van der Waals surface area contributed by atoms with E-state index in [1.54, 1.807) is 0 Å². The minimum Gasteiger partial charge on any atom is -0.309 e. The van der Waals surface area contributed by atoms with Crippen LogP contribution in [-0.4, -0.2) is 6.54 Å². The molecule has 0 aromatic carbocycles. The summed E-state index contributed by atoms with van der Waals surface area (Å²) in [5.41, 5.74) is 0.245. The lowest BCUT2D eigenvalue weighted by atomic mass is 9.85. The van der Waals surface area contributed by atoms with Crippen molar-refractivity contribution in [2.45, 2.75) is 47.1 Å². The molecule has 1 unspecified atom stereocenters. The first-order valence-electron chi connectivity index (χ1n) is 5.85. The highest BCUT2D eigenvalue weighted by atomic mass is 79.9. The van der Waals surface area contributed by atoms with Gasteiger partial charge in [0.05, 0.1) is 0 Å². The third-order valence-corrected chi connectivity index (χ3v) is 4.60. The minimum atomic E-state index is 0.245. The average molecular weight is 304 g/mol. The van der Waals surface area contributed by atoms with Gasteiger partial charge in [0, 0.05) is 20.3 Å². The molecule has 0 aliphatic heterocycles. The first kappa shape index (κ1) is 14.2. The van der Waals surface area contributed by atoms with Crippen LogP contribution in [0.4, 0.5) is 0 Å². The molecule has 0 fully saturated rings. The van der Waals surface area contributed by atoms with Gasteiger partial charge in [-0.3, -0.25) is 0 Å². The van der Waals surface area contributed by atoms with E-state index in [4.69, 9.17) is 0 Å². The molecular formula is C13H22BrNS. The summed E-state index contributed by atoms with van der Waals surface area (Å²) in [4.78, 5) is 2.80. The Balaban J connectivity index is 2.96. The van der Waals surface area contributed by atoms with Crippen molar-refractivity contribution in [3.63, 3.8) is 0 Å². The van der Waals surface area contributed by atoms with E-state index in [1.165, 1.54) is 20.6 Å². The Hall–Kier alpha value is 0.140. The first-order valence-corrected chi connectivity index (χ1v) is 7.46. The molecule has 1 aromatic rings. The van der Waals surface area contributed by atoms with Crippen molar-refractivity contribution in [1.29, 1.82) is 0 Å². The molecule has 0 aliphatic carbocycles. The Morgan fingerprint density at radius 3 is 2.44 bits per heavy atom. The maximum Gasteiger partial charge on any atom is 0.0475 e. The summed E-state index contributed by atoms with van der Waals surface area (Å²) in [5, 5.41) is 3.66. The van der Waals surface area contributed by atoms with Crippen LogP contribution in [0.3, 0.4) is 0 Å². The van der Waals surface area contributed by atoms with Crippen molar-refractivity contribution in [3.8, 4) is 0 Å². The van der Waals surface area contributed by atoms with Crippen LogP contribution in [0.5, 0.6) is 0 Å². The zero-order valence-electron chi connectivity index (χ0n) is 10.9. The molecule has 1 N–H and O–H groups in total. The highest BCUT2D eigenvalue weighted by molar-refractivity contribution is 9.10. The highest BCUT2D eigenvalue weighted by Crippen LogP contribution is 2.40. The molecule has 1 rings (SSSR count). The normalized spacial score (nSPS) is 14.1. The van der Waals surface area contributed by atoms with Gasteiger partial charge in [-0.15, -0.1) is 11.3 Å². The monoisotopic (exact) mass is 303 g/mol. The second-order valence-corrected chi connectivity index (χ2v) is 7.46. The van der Waals surface area contributed by atoms with Gasteiger partial charge in [-0.2, -0.15) is 0 Å². The Bertz CT molecular complexity index is 338. The van der Waals surface area contributed by atoms with E-state index >= 15 is 0 Å². The topological polar surface area (TPSA) is 12.0 Å². The zero-order chi connectivity index (χ0) is 12.3. The van der Waals surface area contributed by atoms with E-state index < -0.39 is 0 Å². The van der Waals surface area contributed by atoms with Crippen LogP contribution in [0.1, 0.15) is 49.9 Å². The standard InChI is InChI=1S/C13H22BrNS/c1-6-7-15-12(13(3,4)5)11-10(14)8-9(2)16-11/h8,12,15H,6-7H2,1-5H3. The molecule has 3 heteroatoms. The Morgan fingerprint density at radius 2 is 2.06 bits per heavy atom. The molecule has 0 radical (unpaired) electrons. The molecule has 92 valence electrons. The number of thiophene rings is 1. The fourth-order valence-corrected chi connectivity index (χ4v) is 3.98. The molecular weight excluding hydrogens is 282 g/mol. The molecule has 0 bridgehead atoms. The molecule has 1 atom stereocenters. The van der Waals surface area contributed by atoms with Crippen LogP contribution in [0.25, 0.3) is 0 Å². The van der Waals surface area contributed by atoms with E-state index in [0.29, 0.717) is 6.04 Å². The predicted molar refractivity (Wildman–Crippen MR) is 77.2 cm³/mol. The summed E-state index contributed by atoms with van der Waals surface area (Å²) >= 11 is 5.56. The summed E-state index contributed by atoms with van der Waals surface area (Å²) < 4.78 is 1.25. The minimum absolute atomic E-state index is 0.245. The third kappa shape index (κ3) is 3.57. The zero-order valence-corrected chi connectivity index (χ0v) is 13.3. The van der Waals surface area contributed by atoms with Gasteiger partial charge in [0.15, 0.2) is 0 Å². The SMILES string of the molecule is CCCNC(c1sc(C)cc1Br)C(C)(C)C. The van der Waals surface area contributed by atoms with Crippen LogP contribution in [0, 0.1) is 12.3 Å². The van der Waals surface area contributed by atoms with Crippen molar-refractivity contribution in [1.82, 2.24) is 5.32 Å². The summed E-state index contributed by atoms with van der Waals surface area (Å²) in [5.74, 6) is 0. The largest absolute Gasteiger partial charge is 0.309 e. The average Bonchev–Trinajstić information content (AvgIpc) is 2.44. The van der Waals surface area contributed by atoms with E-state index in [-0.39, 0.29) is 5.41 Å². The van der Waals surface area contributed by atoms with Gasteiger partial charge in [-0.1, -0.05) is 27.7 Å². The van der Waals surface area contributed by atoms with Gasteiger partial charge < -0.3 is 5.32 Å². The van der Waals surface area contributed by atoms with Gasteiger partial charge in [0.1, 0.15) is 0 Å². The lowest BCUT2D eigenvalue weighted by molar-refractivity contribution is 0.276. The smallest absolute Gasteiger partial charge is 0.0475 e. The van der Waals surface area contributed by atoms with Crippen LogP contribution >= 0.6 is 27.3 Å². The number of hydrogen-bond donors (Lipinski definition) is 1. The third-order valence-electron chi connectivity index (χ3n) is 2.56. The Kier molecular flexibility index (Phi) is 5.02. The molecule has 0 saturated carbocycles. The number of aryl methyl sites for hydroxylation is 1. The molecule has 0 spiro atoms. The van der Waals surface area contributed by atoms with Crippen LogP contribution in [0.2, 0.25) is 0 Å². The van der Waals surface area contributed by atoms with E-state index in [9.17, 15) is 0 Å². The van der Waals surface area contributed by atoms with Gasteiger partial charge in [-0.05, 0) is 47.3 Å². The van der Waals surface area contributed by atoms with Crippen molar-refractivity contribution >= 4 is 27.3 Å². The van der Waals surface area contributed by atoms with Gasteiger partial charge in [-0.25, -0.2) is 0 Å². The van der Waals surface area contributed by atoms with Crippen molar-refractivity contribution < 1.29 is 0 Å². The second kappa shape index (κ2) is 5.65. The first-order chi connectivity index (χ1) is 7.36. The molecule has 16 heavy (non-hydrogen) atoms. The molecule has 0 aliphatic rings. The summed E-state index contributed by atoms with van der Waals surface area (Å²) in [7, 11) is 0. The number of nitrogens with one attached hydrogen (secondary N) is 1. The van der Waals surface area contributed by atoms with E-state index in [2.05, 4.69) is 61.9 Å². The van der Waals surface area contributed by atoms with E-state index in [1.807, 2.05) is 11.3 Å². The fourth-order valence-electron chi connectivity index (χ4n) is 1.78. The molecule has 1 aromatic heterocycles. The maximum absolute atomic E-state index is 3.67. The molecule has 0 saturated heterocycles. The summed E-state index contributed by atoms with van der Waals surface area (Å²) in [6, 6.07) is 2.65. The van der Waals surface area contributed by atoms with Gasteiger partial charge in [0.2, 0.25) is 0 Å². The fraction of sp³-hybridized carbons (Fsp3) is 0.692. The molecule has 0 amide bonds. The van der Waals surface area contributed by atoms with Crippen LogP contribution in [-0.2, 0) is 0 Å². The highest BCUT2D eigenvalue weighted by Gasteiger charge is 2.28. The van der Waals surface area contributed by atoms with Crippen molar-refractivity contribution in [2.75, 3.05) is 6.54 Å². The van der Waals surface area contributed by atoms with Crippen LogP contribution < -0.4 is 5.32 Å². The van der Waals surface area contributed by atoms with Gasteiger partial charge in [0.25, 0.3) is 0 Å². The van der Waals surface area contributed by atoms with Crippen LogP contribution in [0.15, 0.2) is 10.5 Å². The number of hydrogen-bond acceptors (Lipinski definition) is 2. The summed E-state index contributed by atoms with van der Waals surface area (Å²) in [6.07, 6.45) is 1.18. The lowest BCUT2D eigenvalue weighted by Gasteiger charge is -2.31.